The molecule has 0 radical (unpaired) electrons. The molecular weight excluding hydrogens is 235 g/mol. The third-order valence-corrected chi connectivity index (χ3v) is 4.07. The van der Waals surface area contributed by atoms with Crippen molar-refractivity contribution < 1.29 is 9.31 Å². The van der Waals surface area contributed by atoms with Gasteiger partial charge in [0.15, 0.2) is 0 Å². The second kappa shape index (κ2) is 4.02. The van der Waals surface area contributed by atoms with Crippen molar-refractivity contribution in [2.75, 3.05) is 20.1 Å². The van der Waals surface area contributed by atoms with Crippen molar-refractivity contribution >= 4 is 5.69 Å². The fourth-order valence-corrected chi connectivity index (χ4v) is 3.44. The highest BCUT2D eigenvalue weighted by atomic mass is 19.1. The third-order valence-electron chi connectivity index (χ3n) is 4.07. The van der Waals surface area contributed by atoms with E-state index in [0.717, 1.165) is 37.1 Å². The molecule has 0 saturated carbocycles. The molecule has 0 amide bonds. The molecule has 0 aromatic heterocycles. The van der Waals surface area contributed by atoms with Crippen molar-refractivity contribution in [1.29, 1.82) is 0 Å². The second-order valence-electron chi connectivity index (χ2n) is 5.48. The molecule has 3 rings (SSSR count). The molecule has 0 spiro atoms. The molecule has 1 aromatic rings. The van der Waals surface area contributed by atoms with Crippen molar-refractivity contribution in [3.63, 3.8) is 0 Å². The van der Waals surface area contributed by atoms with Crippen LogP contribution in [0.2, 0.25) is 0 Å². The maximum absolute atomic E-state index is 13.7. The maximum Gasteiger partial charge on any atom is 0.305 e. The summed E-state index contributed by atoms with van der Waals surface area (Å²) in [5, 5.41) is 10.8. The first-order valence-corrected chi connectivity index (χ1v) is 6.20. The fraction of sp³-hybridized carbons (Fsp3) is 0.538. The lowest BCUT2D eigenvalue weighted by Gasteiger charge is -2.40. The summed E-state index contributed by atoms with van der Waals surface area (Å²) in [5.74, 6) is 0.171. The summed E-state index contributed by atoms with van der Waals surface area (Å²) >= 11 is 0. The van der Waals surface area contributed by atoms with Crippen LogP contribution in [0, 0.1) is 21.8 Å². The summed E-state index contributed by atoms with van der Waals surface area (Å²) in [5.41, 5.74) is 1.56. The number of nitrogens with zero attached hydrogens (tertiary/aromatic N) is 2. The van der Waals surface area contributed by atoms with E-state index in [9.17, 15) is 14.5 Å². The first-order chi connectivity index (χ1) is 8.54. The molecule has 2 bridgehead atoms. The Balaban J connectivity index is 2.06. The molecule has 1 fully saturated rings. The van der Waals surface area contributed by atoms with E-state index in [-0.39, 0.29) is 5.69 Å². The molecule has 5 heteroatoms. The van der Waals surface area contributed by atoms with E-state index < -0.39 is 10.7 Å². The molecule has 2 aliphatic rings. The molecule has 0 N–H and O–H groups in total. The minimum Gasteiger partial charge on any atom is -0.305 e. The van der Waals surface area contributed by atoms with Gasteiger partial charge < -0.3 is 4.90 Å². The number of halogens is 1. The highest BCUT2D eigenvalue weighted by molar-refractivity contribution is 5.45. The van der Waals surface area contributed by atoms with Gasteiger partial charge in [-0.25, -0.2) is 0 Å². The van der Waals surface area contributed by atoms with Gasteiger partial charge in [0.2, 0.25) is 5.82 Å². The SMILES string of the molecule is CN1CC2Cc3cc([N+](=O)[O-])c(F)cc3C(C2)C1. The van der Waals surface area contributed by atoms with Crippen LogP contribution in [0.5, 0.6) is 0 Å². The van der Waals surface area contributed by atoms with Crippen LogP contribution in [-0.2, 0) is 6.42 Å². The molecule has 1 aliphatic carbocycles. The Morgan fingerprint density at radius 1 is 1.44 bits per heavy atom. The van der Waals surface area contributed by atoms with Gasteiger partial charge in [-0.05, 0) is 48.9 Å². The van der Waals surface area contributed by atoms with E-state index in [1.54, 1.807) is 0 Å². The monoisotopic (exact) mass is 250 g/mol. The summed E-state index contributed by atoms with van der Waals surface area (Å²) in [4.78, 5) is 12.4. The van der Waals surface area contributed by atoms with Crippen LogP contribution < -0.4 is 0 Å². The zero-order valence-corrected chi connectivity index (χ0v) is 10.2. The highest BCUT2D eigenvalue weighted by Gasteiger charge is 2.34. The number of hydrogen-bond donors (Lipinski definition) is 0. The number of fused-ring (bicyclic) bond motifs is 4. The Hall–Kier alpha value is -1.49. The largest absolute Gasteiger partial charge is 0.305 e. The van der Waals surface area contributed by atoms with Crippen LogP contribution in [0.1, 0.15) is 23.5 Å². The minimum absolute atomic E-state index is 0.327. The fourth-order valence-electron chi connectivity index (χ4n) is 3.44. The third kappa shape index (κ3) is 1.79. The van der Waals surface area contributed by atoms with E-state index in [0.29, 0.717) is 11.8 Å². The number of likely N-dealkylation sites (N-methyl/N-ethyl adjacent to an activating group) is 1. The van der Waals surface area contributed by atoms with E-state index in [1.807, 2.05) is 0 Å². The number of benzene rings is 1. The Morgan fingerprint density at radius 2 is 2.22 bits per heavy atom. The standard InChI is InChI=1S/C13H15FN2O2/c1-15-6-8-2-9-4-13(16(17)18)12(14)5-11(9)10(3-8)7-15/h4-5,8,10H,2-3,6-7H2,1H3. The minimum atomic E-state index is -0.703. The Bertz CT molecular complexity index is 518. The van der Waals surface area contributed by atoms with Crippen LogP contribution in [-0.4, -0.2) is 30.0 Å². The predicted octanol–water partition coefficient (Wildman–Crippen LogP) is 2.33. The summed E-state index contributed by atoms with van der Waals surface area (Å²) in [7, 11) is 2.08. The molecular formula is C13H15FN2O2. The number of rotatable bonds is 1. The maximum atomic E-state index is 13.7. The van der Waals surface area contributed by atoms with Gasteiger partial charge in [0.05, 0.1) is 4.92 Å². The van der Waals surface area contributed by atoms with Crippen LogP contribution >= 0.6 is 0 Å². The van der Waals surface area contributed by atoms with Gasteiger partial charge >= 0.3 is 5.69 Å². The van der Waals surface area contributed by atoms with Gasteiger partial charge in [0, 0.05) is 19.2 Å². The van der Waals surface area contributed by atoms with E-state index >= 15 is 0 Å². The van der Waals surface area contributed by atoms with Crippen LogP contribution in [0.4, 0.5) is 10.1 Å². The predicted molar refractivity (Wildman–Crippen MR) is 65.1 cm³/mol. The Labute approximate surface area is 105 Å². The summed E-state index contributed by atoms with van der Waals surface area (Å²) < 4.78 is 13.7. The molecule has 1 saturated heterocycles. The molecule has 1 heterocycles. The van der Waals surface area contributed by atoms with Gasteiger partial charge in [-0.2, -0.15) is 4.39 Å². The number of likely N-dealkylation sites (tertiary alicyclic amines) is 1. The van der Waals surface area contributed by atoms with E-state index in [4.69, 9.17) is 0 Å². The Morgan fingerprint density at radius 3 is 2.94 bits per heavy atom. The van der Waals surface area contributed by atoms with Gasteiger partial charge in [-0.1, -0.05) is 0 Å². The molecule has 2 unspecified atom stereocenters. The summed E-state index contributed by atoms with van der Waals surface area (Å²) in [6.07, 6.45) is 1.91. The van der Waals surface area contributed by atoms with Gasteiger partial charge in [-0.15, -0.1) is 0 Å². The van der Waals surface area contributed by atoms with E-state index in [1.165, 1.54) is 12.1 Å². The van der Waals surface area contributed by atoms with Crippen molar-refractivity contribution in [1.82, 2.24) is 4.90 Å². The van der Waals surface area contributed by atoms with Crippen molar-refractivity contribution in [2.24, 2.45) is 5.92 Å². The smallest absolute Gasteiger partial charge is 0.305 e. The number of nitro groups is 1. The zero-order valence-electron chi connectivity index (χ0n) is 10.2. The first-order valence-electron chi connectivity index (χ1n) is 6.20. The lowest BCUT2D eigenvalue weighted by Crippen LogP contribution is -2.40. The van der Waals surface area contributed by atoms with Crippen LogP contribution in [0.3, 0.4) is 0 Å². The molecule has 2 atom stereocenters. The quantitative estimate of drug-likeness (QED) is 0.567. The number of piperidine rings is 1. The lowest BCUT2D eigenvalue weighted by molar-refractivity contribution is -0.387. The molecule has 96 valence electrons. The average molecular weight is 250 g/mol. The molecule has 1 aliphatic heterocycles. The van der Waals surface area contributed by atoms with Crippen LogP contribution in [0.25, 0.3) is 0 Å². The van der Waals surface area contributed by atoms with Gasteiger partial charge in [-0.3, -0.25) is 10.1 Å². The normalized spacial score (nSPS) is 26.8. The van der Waals surface area contributed by atoms with Crippen molar-refractivity contribution in [3.05, 3.63) is 39.2 Å². The van der Waals surface area contributed by atoms with Gasteiger partial charge in [0.25, 0.3) is 0 Å². The van der Waals surface area contributed by atoms with Crippen molar-refractivity contribution in [3.8, 4) is 0 Å². The summed E-state index contributed by atoms with van der Waals surface area (Å²) in [6.45, 7) is 1.95. The lowest BCUT2D eigenvalue weighted by atomic mass is 9.74. The highest BCUT2D eigenvalue weighted by Crippen LogP contribution is 2.40. The first kappa shape index (κ1) is 11.6. The molecule has 4 nitrogen and oxygen atoms in total. The Kier molecular flexibility index (Phi) is 2.59. The number of nitro benzene ring substituents is 1. The summed E-state index contributed by atoms with van der Waals surface area (Å²) in [6, 6.07) is 2.82. The zero-order chi connectivity index (χ0) is 12.9. The average Bonchev–Trinajstić information content (AvgIpc) is 2.28. The van der Waals surface area contributed by atoms with E-state index in [2.05, 4.69) is 11.9 Å². The second-order valence-corrected chi connectivity index (χ2v) is 5.48. The topological polar surface area (TPSA) is 46.4 Å². The molecule has 1 aromatic carbocycles. The van der Waals surface area contributed by atoms with Crippen molar-refractivity contribution in [2.45, 2.75) is 18.8 Å². The number of hydrogen-bond acceptors (Lipinski definition) is 3. The molecule has 18 heavy (non-hydrogen) atoms. The van der Waals surface area contributed by atoms with Gasteiger partial charge in [0.1, 0.15) is 0 Å². The van der Waals surface area contributed by atoms with Crippen LogP contribution in [0.15, 0.2) is 12.1 Å².